The second-order valence-corrected chi connectivity index (χ2v) is 4.48. The first kappa shape index (κ1) is 14.2. The van der Waals surface area contributed by atoms with E-state index in [1.807, 2.05) is 6.07 Å². The Morgan fingerprint density at radius 1 is 1.75 bits per heavy atom. The van der Waals surface area contributed by atoms with E-state index >= 15 is 0 Å². The van der Waals surface area contributed by atoms with E-state index < -0.39 is 4.92 Å². The summed E-state index contributed by atoms with van der Waals surface area (Å²) >= 11 is 0. The van der Waals surface area contributed by atoms with Crippen molar-refractivity contribution in [2.75, 3.05) is 38.2 Å². The topological polar surface area (TPSA) is 104 Å². The van der Waals surface area contributed by atoms with Gasteiger partial charge in [-0.15, -0.1) is 0 Å². The van der Waals surface area contributed by atoms with Gasteiger partial charge in [-0.1, -0.05) is 0 Å². The van der Waals surface area contributed by atoms with Crippen molar-refractivity contribution in [1.29, 1.82) is 5.26 Å². The summed E-state index contributed by atoms with van der Waals surface area (Å²) in [5.74, 6) is 0.184. The van der Waals surface area contributed by atoms with E-state index in [-0.39, 0.29) is 23.2 Å². The number of hydrogen-bond acceptors (Lipinski definition) is 7. The molecule has 1 fully saturated rings. The SMILES string of the molecule is CN(CC1CNCCO1)c1nccc(C#N)c1[N+](=O)[O-]. The summed E-state index contributed by atoms with van der Waals surface area (Å²) in [6, 6.07) is 3.17. The molecule has 1 aromatic heterocycles. The maximum atomic E-state index is 11.1. The lowest BCUT2D eigenvalue weighted by atomic mass is 10.2. The Morgan fingerprint density at radius 2 is 2.55 bits per heavy atom. The first-order chi connectivity index (χ1) is 9.63. The minimum Gasteiger partial charge on any atom is -0.374 e. The average molecular weight is 277 g/mol. The van der Waals surface area contributed by atoms with E-state index in [9.17, 15) is 10.1 Å². The summed E-state index contributed by atoms with van der Waals surface area (Å²) in [6.07, 6.45) is 1.35. The summed E-state index contributed by atoms with van der Waals surface area (Å²) in [4.78, 5) is 16.3. The minimum absolute atomic E-state index is 0.00883. The zero-order valence-corrected chi connectivity index (χ0v) is 11.1. The molecule has 1 saturated heterocycles. The molecule has 20 heavy (non-hydrogen) atoms. The zero-order chi connectivity index (χ0) is 14.5. The van der Waals surface area contributed by atoms with Crippen molar-refractivity contribution in [3.05, 3.63) is 27.9 Å². The van der Waals surface area contributed by atoms with Gasteiger partial charge in [-0.2, -0.15) is 5.26 Å². The Kier molecular flexibility index (Phi) is 4.45. The van der Waals surface area contributed by atoms with Crippen LogP contribution in [0, 0.1) is 21.4 Å². The molecule has 0 saturated carbocycles. The molecule has 1 atom stereocenters. The number of nitrogens with one attached hydrogen (secondary N) is 1. The summed E-state index contributed by atoms with van der Waals surface area (Å²) in [7, 11) is 1.70. The van der Waals surface area contributed by atoms with Crippen LogP contribution in [0.5, 0.6) is 0 Å². The smallest absolute Gasteiger partial charge is 0.329 e. The predicted octanol–water partition coefficient (Wildman–Crippen LogP) is 0.286. The van der Waals surface area contributed by atoms with E-state index in [2.05, 4.69) is 10.3 Å². The first-order valence-electron chi connectivity index (χ1n) is 6.20. The van der Waals surface area contributed by atoms with Crippen LogP contribution in [0.4, 0.5) is 11.5 Å². The fourth-order valence-electron chi connectivity index (χ4n) is 2.12. The molecule has 0 aromatic carbocycles. The molecular formula is C12H15N5O3. The number of aromatic nitrogens is 1. The largest absolute Gasteiger partial charge is 0.374 e. The summed E-state index contributed by atoms with van der Waals surface area (Å²) in [5, 5.41) is 23.3. The van der Waals surface area contributed by atoms with E-state index in [4.69, 9.17) is 10.00 Å². The molecule has 1 aliphatic rings. The fourth-order valence-corrected chi connectivity index (χ4v) is 2.12. The number of ether oxygens (including phenoxy) is 1. The van der Waals surface area contributed by atoms with Gasteiger partial charge >= 0.3 is 5.69 Å². The van der Waals surface area contributed by atoms with Gasteiger partial charge in [-0.25, -0.2) is 4.98 Å². The summed E-state index contributed by atoms with van der Waals surface area (Å²) in [6.45, 7) is 2.58. The standard InChI is InChI=1S/C12H15N5O3/c1-16(8-10-7-14-4-5-20-10)12-11(17(18)19)9(6-13)2-3-15-12/h2-3,10,14H,4-5,7-8H2,1H3. The van der Waals surface area contributed by atoms with Crippen LogP contribution in [0.3, 0.4) is 0 Å². The lowest BCUT2D eigenvalue weighted by Crippen LogP contribution is -2.44. The number of nitriles is 1. The molecule has 0 aliphatic carbocycles. The minimum atomic E-state index is -0.572. The molecule has 1 aliphatic heterocycles. The highest BCUT2D eigenvalue weighted by Crippen LogP contribution is 2.28. The third-order valence-electron chi connectivity index (χ3n) is 3.05. The maximum absolute atomic E-state index is 11.1. The van der Waals surface area contributed by atoms with E-state index in [0.29, 0.717) is 19.7 Å². The predicted molar refractivity (Wildman–Crippen MR) is 71.5 cm³/mol. The number of pyridine rings is 1. The molecule has 0 bridgehead atoms. The number of likely N-dealkylation sites (N-methyl/N-ethyl adjacent to an activating group) is 1. The van der Waals surface area contributed by atoms with Gasteiger partial charge < -0.3 is 15.0 Å². The van der Waals surface area contributed by atoms with Crippen molar-refractivity contribution in [1.82, 2.24) is 10.3 Å². The highest BCUT2D eigenvalue weighted by molar-refractivity contribution is 5.65. The Morgan fingerprint density at radius 3 is 3.15 bits per heavy atom. The van der Waals surface area contributed by atoms with Gasteiger partial charge in [0.2, 0.25) is 5.82 Å². The normalized spacial score (nSPS) is 18.3. The van der Waals surface area contributed by atoms with Crippen molar-refractivity contribution in [2.24, 2.45) is 0 Å². The van der Waals surface area contributed by atoms with Crippen molar-refractivity contribution >= 4 is 11.5 Å². The van der Waals surface area contributed by atoms with Crippen LogP contribution < -0.4 is 10.2 Å². The van der Waals surface area contributed by atoms with Crippen molar-refractivity contribution in [3.8, 4) is 6.07 Å². The molecule has 0 spiro atoms. The molecule has 0 amide bonds. The van der Waals surface area contributed by atoms with E-state index in [1.165, 1.54) is 12.3 Å². The Bertz CT molecular complexity index is 536. The molecule has 1 aromatic rings. The van der Waals surface area contributed by atoms with Crippen LogP contribution in [0.25, 0.3) is 0 Å². The van der Waals surface area contributed by atoms with Crippen LogP contribution in [-0.4, -0.2) is 49.3 Å². The van der Waals surface area contributed by atoms with Crippen LogP contribution in [0.2, 0.25) is 0 Å². The van der Waals surface area contributed by atoms with Crippen LogP contribution in [-0.2, 0) is 4.74 Å². The second kappa shape index (κ2) is 6.27. The second-order valence-electron chi connectivity index (χ2n) is 4.48. The first-order valence-corrected chi connectivity index (χ1v) is 6.20. The molecule has 8 heteroatoms. The molecule has 0 radical (unpaired) electrons. The molecule has 2 rings (SSSR count). The maximum Gasteiger partial charge on any atom is 0.329 e. The number of morpholine rings is 1. The summed E-state index contributed by atoms with van der Waals surface area (Å²) in [5.41, 5.74) is -0.254. The Balaban J connectivity index is 2.22. The van der Waals surface area contributed by atoms with Crippen molar-refractivity contribution in [2.45, 2.75) is 6.10 Å². The molecule has 8 nitrogen and oxygen atoms in total. The third kappa shape index (κ3) is 3.01. The number of rotatable bonds is 4. The highest BCUT2D eigenvalue weighted by atomic mass is 16.6. The van der Waals surface area contributed by atoms with Crippen LogP contribution in [0.15, 0.2) is 12.3 Å². The van der Waals surface area contributed by atoms with Gasteiger partial charge in [0.05, 0.1) is 17.6 Å². The van der Waals surface area contributed by atoms with Crippen molar-refractivity contribution in [3.63, 3.8) is 0 Å². The van der Waals surface area contributed by atoms with Gasteiger partial charge in [-0.05, 0) is 6.07 Å². The average Bonchev–Trinajstić information content (AvgIpc) is 2.47. The number of hydrogen-bond donors (Lipinski definition) is 1. The quantitative estimate of drug-likeness (QED) is 0.622. The Labute approximate surface area is 116 Å². The number of nitro groups is 1. The van der Waals surface area contributed by atoms with Crippen LogP contribution >= 0.6 is 0 Å². The van der Waals surface area contributed by atoms with Crippen molar-refractivity contribution < 1.29 is 9.66 Å². The lowest BCUT2D eigenvalue weighted by Gasteiger charge is -2.28. The molecular weight excluding hydrogens is 262 g/mol. The fraction of sp³-hybridized carbons (Fsp3) is 0.500. The van der Waals surface area contributed by atoms with Gasteiger partial charge in [-0.3, -0.25) is 10.1 Å². The van der Waals surface area contributed by atoms with E-state index in [1.54, 1.807) is 11.9 Å². The van der Waals surface area contributed by atoms with Gasteiger partial charge in [0.1, 0.15) is 11.6 Å². The highest BCUT2D eigenvalue weighted by Gasteiger charge is 2.26. The van der Waals surface area contributed by atoms with Crippen LogP contribution in [0.1, 0.15) is 5.56 Å². The molecule has 106 valence electrons. The van der Waals surface area contributed by atoms with Gasteiger partial charge in [0.15, 0.2) is 0 Å². The molecule has 1 unspecified atom stereocenters. The molecule has 1 N–H and O–H groups in total. The van der Waals surface area contributed by atoms with E-state index in [0.717, 1.165) is 6.54 Å². The Hall–Kier alpha value is -2.24. The zero-order valence-electron chi connectivity index (χ0n) is 11.1. The number of nitrogens with zero attached hydrogens (tertiary/aromatic N) is 4. The summed E-state index contributed by atoms with van der Waals surface area (Å²) < 4.78 is 5.56. The van der Waals surface area contributed by atoms with Gasteiger partial charge in [0.25, 0.3) is 0 Å². The monoisotopic (exact) mass is 277 g/mol. The lowest BCUT2D eigenvalue weighted by molar-refractivity contribution is -0.384. The van der Waals surface area contributed by atoms with Gasteiger partial charge in [0, 0.05) is 32.9 Å². The third-order valence-corrected chi connectivity index (χ3v) is 3.05. The number of anilines is 1. The molecule has 2 heterocycles.